The number of hydrogen-bond donors (Lipinski definition) is 1. The van der Waals surface area contributed by atoms with Crippen molar-refractivity contribution in [2.75, 3.05) is 7.05 Å². The molecule has 114 valence electrons. The van der Waals surface area contributed by atoms with Crippen LogP contribution < -0.4 is 10.1 Å². The summed E-state index contributed by atoms with van der Waals surface area (Å²) in [5.41, 5.74) is 3.45. The minimum absolute atomic E-state index is 0.533. The van der Waals surface area contributed by atoms with Crippen LogP contribution in [0.1, 0.15) is 30.8 Å². The van der Waals surface area contributed by atoms with E-state index in [2.05, 4.69) is 58.4 Å². The Balaban J connectivity index is 2.07. The van der Waals surface area contributed by atoms with Gasteiger partial charge in [0.25, 0.3) is 0 Å². The SMILES string of the molecule is CCc1cc(COc2ccc(CNC)cc2Br)n(CC)n1. The van der Waals surface area contributed by atoms with Gasteiger partial charge in [0.15, 0.2) is 0 Å². The summed E-state index contributed by atoms with van der Waals surface area (Å²) in [4.78, 5) is 0. The maximum Gasteiger partial charge on any atom is 0.134 e. The lowest BCUT2D eigenvalue weighted by Gasteiger charge is -2.10. The maximum atomic E-state index is 5.93. The molecule has 1 heterocycles. The molecule has 1 aromatic heterocycles. The number of rotatable bonds is 7. The molecule has 4 nitrogen and oxygen atoms in total. The molecule has 0 aliphatic heterocycles. The predicted molar refractivity (Wildman–Crippen MR) is 88.5 cm³/mol. The molecule has 0 atom stereocenters. The summed E-state index contributed by atoms with van der Waals surface area (Å²) in [5.74, 6) is 0.858. The Morgan fingerprint density at radius 1 is 1.29 bits per heavy atom. The molecule has 0 aliphatic rings. The second-order valence-electron chi connectivity index (χ2n) is 4.88. The fourth-order valence-corrected chi connectivity index (χ4v) is 2.75. The van der Waals surface area contributed by atoms with Crippen molar-refractivity contribution in [1.82, 2.24) is 15.1 Å². The van der Waals surface area contributed by atoms with Crippen LogP contribution in [0.5, 0.6) is 5.75 Å². The zero-order valence-electron chi connectivity index (χ0n) is 12.8. The lowest BCUT2D eigenvalue weighted by Crippen LogP contribution is -2.07. The van der Waals surface area contributed by atoms with Crippen molar-refractivity contribution in [3.8, 4) is 5.75 Å². The average Bonchev–Trinajstić information content (AvgIpc) is 2.89. The molecule has 5 heteroatoms. The van der Waals surface area contributed by atoms with Crippen LogP contribution in [-0.2, 0) is 26.1 Å². The van der Waals surface area contributed by atoms with E-state index in [1.165, 1.54) is 5.56 Å². The van der Waals surface area contributed by atoms with Crippen LogP contribution in [0.15, 0.2) is 28.7 Å². The van der Waals surface area contributed by atoms with Gasteiger partial charge in [0.2, 0.25) is 0 Å². The van der Waals surface area contributed by atoms with Gasteiger partial charge < -0.3 is 10.1 Å². The van der Waals surface area contributed by atoms with Crippen molar-refractivity contribution < 1.29 is 4.74 Å². The highest BCUT2D eigenvalue weighted by Crippen LogP contribution is 2.27. The van der Waals surface area contributed by atoms with Crippen LogP contribution in [0.4, 0.5) is 0 Å². The van der Waals surface area contributed by atoms with Gasteiger partial charge in [0.1, 0.15) is 12.4 Å². The minimum Gasteiger partial charge on any atom is -0.486 e. The van der Waals surface area contributed by atoms with Crippen LogP contribution in [-0.4, -0.2) is 16.8 Å². The lowest BCUT2D eigenvalue weighted by atomic mass is 10.2. The number of benzene rings is 1. The van der Waals surface area contributed by atoms with E-state index in [1.807, 2.05) is 17.8 Å². The van der Waals surface area contributed by atoms with Crippen molar-refractivity contribution in [3.63, 3.8) is 0 Å². The largest absolute Gasteiger partial charge is 0.486 e. The molecular weight excluding hydrogens is 330 g/mol. The number of aromatic nitrogens is 2. The molecule has 0 saturated heterocycles. The average molecular weight is 352 g/mol. The van der Waals surface area contributed by atoms with Crippen molar-refractivity contribution in [2.24, 2.45) is 0 Å². The van der Waals surface area contributed by atoms with E-state index in [0.29, 0.717) is 6.61 Å². The first-order chi connectivity index (χ1) is 10.2. The Labute approximate surface area is 134 Å². The van der Waals surface area contributed by atoms with Crippen molar-refractivity contribution >= 4 is 15.9 Å². The Hall–Kier alpha value is -1.33. The number of nitrogens with zero attached hydrogens (tertiary/aromatic N) is 2. The van der Waals surface area contributed by atoms with Crippen LogP contribution in [0, 0.1) is 0 Å². The van der Waals surface area contributed by atoms with Crippen molar-refractivity contribution in [2.45, 2.75) is 40.0 Å². The van der Waals surface area contributed by atoms with Gasteiger partial charge >= 0.3 is 0 Å². The van der Waals surface area contributed by atoms with Crippen LogP contribution in [0.25, 0.3) is 0 Å². The molecular formula is C16H22BrN3O. The maximum absolute atomic E-state index is 5.93. The summed E-state index contributed by atoms with van der Waals surface area (Å²) in [5, 5.41) is 7.68. The zero-order valence-corrected chi connectivity index (χ0v) is 14.4. The van der Waals surface area contributed by atoms with Crippen LogP contribution in [0.2, 0.25) is 0 Å². The summed E-state index contributed by atoms with van der Waals surface area (Å²) in [6, 6.07) is 8.28. The molecule has 0 unspecified atom stereocenters. The van der Waals surface area contributed by atoms with Gasteiger partial charge in [0, 0.05) is 13.1 Å². The molecule has 0 saturated carbocycles. The van der Waals surface area contributed by atoms with Crippen LogP contribution in [0.3, 0.4) is 0 Å². The van der Waals surface area contributed by atoms with E-state index < -0.39 is 0 Å². The van der Waals surface area contributed by atoms with Crippen molar-refractivity contribution in [1.29, 1.82) is 0 Å². The fourth-order valence-electron chi connectivity index (χ4n) is 2.20. The monoisotopic (exact) mass is 351 g/mol. The van der Waals surface area contributed by atoms with E-state index in [0.717, 1.165) is 41.1 Å². The predicted octanol–water partition coefficient (Wildman–Crippen LogP) is 3.53. The third-order valence-corrected chi connectivity index (χ3v) is 3.95. The fraction of sp³-hybridized carbons (Fsp3) is 0.438. The van der Waals surface area contributed by atoms with Gasteiger partial charge in [-0.2, -0.15) is 5.10 Å². The lowest BCUT2D eigenvalue weighted by molar-refractivity contribution is 0.290. The molecule has 1 aromatic carbocycles. The van der Waals surface area contributed by atoms with Crippen molar-refractivity contribution in [3.05, 3.63) is 45.7 Å². The Morgan fingerprint density at radius 2 is 2.10 bits per heavy atom. The second-order valence-corrected chi connectivity index (χ2v) is 5.73. The van der Waals surface area contributed by atoms with Gasteiger partial charge in [-0.1, -0.05) is 13.0 Å². The van der Waals surface area contributed by atoms with E-state index in [9.17, 15) is 0 Å². The van der Waals surface area contributed by atoms with Gasteiger partial charge in [-0.3, -0.25) is 4.68 Å². The Bertz CT molecular complexity index is 595. The molecule has 0 bridgehead atoms. The van der Waals surface area contributed by atoms with Gasteiger partial charge in [-0.15, -0.1) is 0 Å². The first-order valence-electron chi connectivity index (χ1n) is 7.29. The quantitative estimate of drug-likeness (QED) is 0.829. The number of hydrogen-bond acceptors (Lipinski definition) is 3. The molecule has 0 spiro atoms. The summed E-state index contributed by atoms with van der Waals surface area (Å²) >= 11 is 3.57. The highest BCUT2D eigenvalue weighted by atomic mass is 79.9. The third kappa shape index (κ3) is 4.08. The van der Waals surface area contributed by atoms with E-state index in [4.69, 9.17) is 4.74 Å². The molecule has 2 rings (SSSR count). The summed E-state index contributed by atoms with van der Waals surface area (Å²) < 4.78 is 8.91. The highest BCUT2D eigenvalue weighted by Gasteiger charge is 2.08. The molecule has 0 amide bonds. The normalized spacial score (nSPS) is 10.9. The number of nitrogens with one attached hydrogen (secondary N) is 1. The van der Waals surface area contributed by atoms with Gasteiger partial charge in [-0.05, 0) is 60.1 Å². The van der Waals surface area contributed by atoms with Gasteiger partial charge in [-0.25, -0.2) is 0 Å². The Kier molecular flexibility index (Phi) is 5.82. The van der Waals surface area contributed by atoms with E-state index in [1.54, 1.807) is 0 Å². The molecule has 1 N–H and O–H groups in total. The molecule has 0 fully saturated rings. The standard InChI is InChI=1S/C16H22BrN3O/c1-4-13-9-14(20(5-2)19-13)11-21-16-7-6-12(10-18-3)8-15(16)17/h6-9,18H,4-5,10-11H2,1-3H3. The zero-order chi connectivity index (χ0) is 15.2. The second kappa shape index (κ2) is 7.61. The minimum atomic E-state index is 0.533. The van der Waals surface area contributed by atoms with Crippen LogP contribution >= 0.6 is 15.9 Å². The van der Waals surface area contributed by atoms with E-state index in [-0.39, 0.29) is 0 Å². The number of aryl methyl sites for hydroxylation is 2. The first kappa shape index (κ1) is 16.0. The summed E-state index contributed by atoms with van der Waals surface area (Å²) in [6.07, 6.45) is 0.947. The number of halogens is 1. The smallest absolute Gasteiger partial charge is 0.134 e. The first-order valence-corrected chi connectivity index (χ1v) is 8.08. The third-order valence-electron chi connectivity index (χ3n) is 3.33. The molecule has 21 heavy (non-hydrogen) atoms. The molecule has 0 aliphatic carbocycles. The van der Waals surface area contributed by atoms with E-state index >= 15 is 0 Å². The summed E-state index contributed by atoms with van der Waals surface area (Å²) in [6.45, 7) is 6.45. The molecule has 2 aromatic rings. The number of ether oxygens (including phenoxy) is 1. The topological polar surface area (TPSA) is 39.1 Å². The molecule has 0 radical (unpaired) electrons. The highest BCUT2D eigenvalue weighted by molar-refractivity contribution is 9.10. The van der Waals surface area contributed by atoms with Gasteiger partial charge in [0.05, 0.1) is 15.9 Å². The Morgan fingerprint density at radius 3 is 2.71 bits per heavy atom. The summed E-state index contributed by atoms with van der Waals surface area (Å²) in [7, 11) is 1.94.